The van der Waals surface area contributed by atoms with E-state index in [1.165, 1.54) is 20.9 Å². The minimum atomic E-state index is -3.37. The predicted molar refractivity (Wildman–Crippen MR) is 54.9 cm³/mol. The summed E-state index contributed by atoms with van der Waals surface area (Å²) in [6, 6.07) is 0. The third-order valence-corrected chi connectivity index (χ3v) is 4.82. The molecule has 86 valence electrons. The molecule has 2 N–H and O–H groups in total. The molecule has 0 spiro atoms. The van der Waals surface area contributed by atoms with E-state index in [-0.39, 0.29) is 12.3 Å². The van der Waals surface area contributed by atoms with E-state index in [0.717, 1.165) is 0 Å². The van der Waals surface area contributed by atoms with Gasteiger partial charge in [-0.25, -0.2) is 26.3 Å². The van der Waals surface area contributed by atoms with Crippen molar-refractivity contribution in [2.75, 3.05) is 19.3 Å². The van der Waals surface area contributed by atoms with Crippen LogP contribution in [0, 0.1) is 0 Å². The quantitative estimate of drug-likeness (QED) is 0.618. The summed E-state index contributed by atoms with van der Waals surface area (Å²) in [6.45, 7) is 2.94. The average molecular weight is 244 g/mol. The van der Waals surface area contributed by atoms with Crippen LogP contribution in [0.4, 0.5) is 0 Å². The van der Waals surface area contributed by atoms with Crippen LogP contribution in [0.2, 0.25) is 0 Å². The molecule has 0 fully saturated rings. The van der Waals surface area contributed by atoms with Crippen LogP contribution >= 0.6 is 0 Å². The van der Waals surface area contributed by atoms with E-state index in [9.17, 15) is 16.8 Å². The summed E-state index contributed by atoms with van der Waals surface area (Å²) in [5, 5.41) is -0.556. The fourth-order valence-corrected chi connectivity index (χ4v) is 2.01. The first kappa shape index (κ1) is 13.8. The van der Waals surface area contributed by atoms with E-state index in [0.29, 0.717) is 0 Å². The van der Waals surface area contributed by atoms with Crippen LogP contribution in [-0.2, 0) is 20.0 Å². The van der Waals surface area contributed by atoms with Crippen molar-refractivity contribution in [3.05, 3.63) is 0 Å². The van der Waals surface area contributed by atoms with Gasteiger partial charge in [-0.05, 0) is 20.9 Å². The number of hydrogen-bond donors (Lipinski definition) is 2. The molecule has 0 aliphatic heterocycles. The molecule has 0 bridgehead atoms. The van der Waals surface area contributed by atoms with Crippen molar-refractivity contribution >= 4 is 20.0 Å². The topological polar surface area (TPSA) is 92.3 Å². The van der Waals surface area contributed by atoms with Crippen LogP contribution in [0.25, 0.3) is 0 Å². The summed E-state index contributed by atoms with van der Waals surface area (Å²) in [5.74, 6) is -0.255. The normalized spacial score (nSPS) is 13.4. The summed E-state index contributed by atoms with van der Waals surface area (Å²) < 4.78 is 48.5. The maximum atomic E-state index is 11.2. The van der Waals surface area contributed by atoms with Gasteiger partial charge in [-0.2, -0.15) is 0 Å². The SMILES string of the molecule is CNS(=O)(=O)CCNS(=O)(=O)C(C)C. The molecule has 6 nitrogen and oxygen atoms in total. The highest BCUT2D eigenvalue weighted by atomic mass is 32.2. The second-order valence-corrected chi connectivity index (χ2v) is 7.38. The smallest absolute Gasteiger partial charge is 0.213 e. The molecule has 0 aromatic heterocycles. The lowest BCUT2D eigenvalue weighted by Gasteiger charge is -2.08. The van der Waals surface area contributed by atoms with Crippen molar-refractivity contribution < 1.29 is 16.8 Å². The first-order chi connectivity index (χ1) is 6.21. The zero-order valence-corrected chi connectivity index (χ0v) is 10.1. The van der Waals surface area contributed by atoms with Crippen molar-refractivity contribution in [2.24, 2.45) is 0 Å². The third-order valence-electron chi connectivity index (χ3n) is 1.61. The van der Waals surface area contributed by atoms with Gasteiger partial charge in [0.2, 0.25) is 20.0 Å². The van der Waals surface area contributed by atoms with E-state index in [4.69, 9.17) is 0 Å². The zero-order valence-electron chi connectivity index (χ0n) is 8.44. The van der Waals surface area contributed by atoms with Crippen molar-refractivity contribution in [3.8, 4) is 0 Å². The van der Waals surface area contributed by atoms with E-state index in [2.05, 4.69) is 9.44 Å². The Morgan fingerprint density at radius 3 is 2.00 bits per heavy atom. The van der Waals surface area contributed by atoms with E-state index < -0.39 is 25.3 Å². The molecular formula is C6H16N2O4S2. The zero-order chi connectivity index (χ0) is 11.4. The van der Waals surface area contributed by atoms with Crippen molar-refractivity contribution in [2.45, 2.75) is 19.1 Å². The van der Waals surface area contributed by atoms with Gasteiger partial charge >= 0.3 is 0 Å². The van der Waals surface area contributed by atoms with Crippen molar-refractivity contribution in [1.29, 1.82) is 0 Å². The van der Waals surface area contributed by atoms with Crippen LogP contribution < -0.4 is 9.44 Å². The Morgan fingerprint density at radius 1 is 1.14 bits per heavy atom. The highest BCUT2D eigenvalue weighted by molar-refractivity contribution is 7.90. The lowest BCUT2D eigenvalue weighted by Crippen LogP contribution is -2.36. The highest BCUT2D eigenvalue weighted by Gasteiger charge is 2.16. The average Bonchev–Trinajstić information content (AvgIpc) is 2.03. The maximum Gasteiger partial charge on any atom is 0.213 e. The Bertz CT molecular complexity index is 357. The van der Waals surface area contributed by atoms with Crippen LogP contribution in [0.5, 0.6) is 0 Å². The van der Waals surface area contributed by atoms with Gasteiger partial charge in [0.1, 0.15) is 0 Å². The van der Waals surface area contributed by atoms with Crippen LogP contribution in [-0.4, -0.2) is 41.4 Å². The molecule has 0 saturated heterocycles. The lowest BCUT2D eigenvalue weighted by atomic mass is 10.6. The summed E-state index contributed by atoms with van der Waals surface area (Å²) in [5.41, 5.74) is 0. The first-order valence-electron chi connectivity index (χ1n) is 4.11. The van der Waals surface area contributed by atoms with Gasteiger partial charge in [0, 0.05) is 6.54 Å². The van der Waals surface area contributed by atoms with Gasteiger partial charge in [-0.1, -0.05) is 0 Å². The summed E-state index contributed by atoms with van der Waals surface area (Å²) >= 11 is 0. The van der Waals surface area contributed by atoms with Crippen LogP contribution in [0.1, 0.15) is 13.8 Å². The predicted octanol–water partition coefficient (Wildman–Crippen LogP) is -1.14. The molecule has 8 heteroatoms. The molecule has 0 atom stereocenters. The summed E-state index contributed by atoms with van der Waals surface area (Å²) in [6.07, 6.45) is 0. The number of nitrogens with one attached hydrogen (secondary N) is 2. The molecule has 0 radical (unpaired) electrons. The Balaban J connectivity index is 4.12. The summed E-state index contributed by atoms with van der Waals surface area (Å²) in [7, 11) is -5.43. The Kier molecular flexibility index (Phi) is 4.99. The van der Waals surface area contributed by atoms with Crippen molar-refractivity contribution in [3.63, 3.8) is 0 Å². The molecule has 0 aromatic rings. The Morgan fingerprint density at radius 2 is 1.64 bits per heavy atom. The largest absolute Gasteiger partial charge is 0.218 e. The molecule has 0 aliphatic carbocycles. The fourth-order valence-electron chi connectivity index (χ4n) is 0.587. The van der Waals surface area contributed by atoms with Crippen LogP contribution in [0.3, 0.4) is 0 Å². The molecule has 0 heterocycles. The van der Waals surface area contributed by atoms with Gasteiger partial charge in [0.05, 0.1) is 11.0 Å². The van der Waals surface area contributed by atoms with Crippen LogP contribution in [0.15, 0.2) is 0 Å². The molecule has 14 heavy (non-hydrogen) atoms. The van der Waals surface area contributed by atoms with Gasteiger partial charge in [0.15, 0.2) is 0 Å². The fraction of sp³-hybridized carbons (Fsp3) is 1.00. The number of sulfonamides is 2. The third kappa shape index (κ3) is 4.89. The number of rotatable bonds is 6. The van der Waals surface area contributed by atoms with Gasteiger partial charge in [0.25, 0.3) is 0 Å². The molecule has 0 aromatic carbocycles. The van der Waals surface area contributed by atoms with E-state index in [1.807, 2.05) is 0 Å². The molecular weight excluding hydrogens is 228 g/mol. The molecule has 0 rings (SSSR count). The summed E-state index contributed by atoms with van der Waals surface area (Å²) in [4.78, 5) is 0. The molecule has 0 aliphatic rings. The van der Waals surface area contributed by atoms with E-state index >= 15 is 0 Å². The monoisotopic (exact) mass is 244 g/mol. The van der Waals surface area contributed by atoms with E-state index in [1.54, 1.807) is 0 Å². The molecule has 0 amide bonds. The van der Waals surface area contributed by atoms with Gasteiger partial charge < -0.3 is 0 Å². The maximum absolute atomic E-state index is 11.2. The van der Waals surface area contributed by atoms with Gasteiger partial charge in [-0.15, -0.1) is 0 Å². The minimum absolute atomic E-state index is 0.107. The Hall–Kier alpha value is -0.180. The second kappa shape index (κ2) is 5.06. The molecule has 0 saturated carbocycles. The van der Waals surface area contributed by atoms with Crippen molar-refractivity contribution in [1.82, 2.24) is 9.44 Å². The Labute approximate surface area is 85.2 Å². The van der Waals surface area contributed by atoms with Gasteiger partial charge in [-0.3, -0.25) is 0 Å². The number of hydrogen-bond acceptors (Lipinski definition) is 4. The minimum Gasteiger partial charge on any atom is -0.218 e. The molecule has 0 unspecified atom stereocenters. The standard InChI is InChI=1S/C6H16N2O4S2/c1-6(2)14(11,12)8-4-5-13(9,10)7-3/h6-8H,4-5H2,1-3H3. The first-order valence-corrected chi connectivity index (χ1v) is 7.31. The second-order valence-electron chi connectivity index (χ2n) is 3.01. The highest BCUT2D eigenvalue weighted by Crippen LogP contribution is 1.95. The lowest BCUT2D eigenvalue weighted by molar-refractivity contribution is 0.571.